The molecule has 8 heteroatoms. The van der Waals surface area contributed by atoms with Crippen LogP contribution in [0, 0.1) is 11.8 Å². The van der Waals surface area contributed by atoms with Gasteiger partial charge in [-0.2, -0.15) is 11.8 Å². The third kappa shape index (κ3) is 7.74. The van der Waals surface area contributed by atoms with E-state index in [9.17, 15) is 13.2 Å². The minimum absolute atomic E-state index is 0.0227. The van der Waals surface area contributed by atoms with Gasteiger partial charge < -0.3 is 5.32 Å². The van der Waals surface area contributed by atoms with Crippen LogP contribution >= 0.6 is 11.8 Å². The molecule has 1 fully saturated rings. The Balaban J connectivity index is 2.69. The largest absolute Gasteiger partial charge is 0.353 e. The van der Waals surface area contributed by atoms with Crippen molar-refractivity contribution in [3.8, 4) is 0 Å². The first-order valence-electron chi connectivity index (χ1n) is 9.52. The highest BCUT2D eigenvalue weighted by Crippen LogP contribution is 2.26. The maximum Gasteiger partial charge on any atom is 0.238 e. The summed E-state index contributed by atoms with van der Waals surface area (Å²) < 4.78 is 26.3. The normalized spacial score (nSPS) is 23.6. The van der Waals surface area contributed by atoms with Gasteiger partial charge in [0.1, 0.15) is 6.04 Å². The average molecular weight is 408 g/mol. The molecule has 1 aliphatic rings. The van der Waals surface area contributed by atoms with Gasteiger partial charge in [0, 0.05) is 25.2 Å². The Bertz CT molecular complexity index is 542. The van der Waals surface area contributed by atoms with Gasteiger partial charge in [-0.1, -0.05) is 13.8 Å². The first-order chi connectivity index (χ1) is 12.0. The molecule has 0 saturated carbocycles. The molecule has 3 unspecified atom stereocenters. The van der Waals surface area contributed by atoms with Crippen molar-refractivity contribution in [2.24, 2.45) is 11.8 Å². The molecule has 0 aromatic heterocycles. The summed E-state index contributed by atoms with van der Waals surface area (Å²) in [6.45, 7) is 13.0. The molecular weight excluding hydrogens is 370 g/mol. The summed E-state index contributed by atoms with van der Waals surface area (Å²) in [5.41, 5.74) is -0.160. The fraction of sp³-hybridized carbons (Fsp3) is 0.944. The lowest BCUT2D eigenvalue weighted by Crippen LogP contribution is -2.58. The zero-order chi connectivity index (χ0) is 20.0. The monoisotopic (exact) mass is 407 g/mol. The van der Waals surface area contributed by atoms with Gasteiger partial charge >= 0.3 is 0 Å². The van der Waals surface area contributed by atoms with E-state index < -0.39 is 16.1 Å². The van der Waals surface area contributed by atoms with E-state index in [1.165, 1.54) is 6.42 Å². The summed E-state index contributed by atoms with van der Waals surface area (Å²) in [7, 11) is -3.41. The highest BCUT2D eigenvalue weighted by Gasteiger charge is 2.33. The van der Waals surface area contributed by atoms with Crippen molar-refractivity contribution in [1.29, 1.82) is 0 Å². The summed E-state index contributed by atoms with van der Waals surface area (Å²) in [6.07, 6.45) is 3.68. The van der Waals surface area contributed by atoms with Gasteiger partial charge in [-0.25, -0.2) is 13.1 Å². The van der Waals surface area contributed by atoms with Crippen molar-refractivity contribution in [3.05, 3.63) is 0 Å². The molecule has 0 spiro atoms. The van der Waals surface area contributed by atoms with Gasteiger partial charge in [0.25, 0.3) is 0 Å². The molecular formula is C18H37N3O3S2. The summed E-state index contributed by atoms with van der Waals surface area (Å²) >= 11 is 1.60. The molecule has 0 aromatic rings. The second-order valence-corrected chi connectivity index (χ2v) is 11.3. The van der Waals surface area contributed by atoms with Crippen molar-refractivity contribution in [2.45, 2.75) is 59.0 Å². The minimum atomic E-state index is -3.41. The lowest BCUT2D eigenvalue weighted by molar-refractivity contribution is -0.123. The predicted octanol–water partition coefficient (Wildman–Crippen LogP) is 1.92. The fourth-order valence-electron chi connectivity index (χ4n) is 3.47. The van der Waals surface area contributed by atoms with Crippen LogP contribution in [0.4, 0.5) is 0 Å². The summed E-state index contributed by atoms with van der Waals surface area (Å²) in [6, 6.07) is -0.706. The molecule has 0 bridgehead atoms. The number of hydrogen-bond acceptors (Lipinski definition) is 5. The van der Waals surface area contributed by atoms with Crippen LogP contribution in [0.5, 0.6) is 0 Å². The number of sulfonamides is 1. The number of likely N-dealkylation sites (tertiary alicyclic amines) is 1. The maximum atomic E-state index is 12.6. The summed E-state index contributed by atoms with van der Waals surface area (Å²) in [5.74, 6) is 1.78. The number of nitrogens with zero attached hydrogens (tertiary/aromatic N) is 1. The molecule has 0 aliphatic carbocycles. The van der Waals surface area contributed by atoms with Gasteiger partial charge in [-0.3, -0.25) is 9.69 Å². The van der Waals surface area contributed by atoms with Gasteiger partial charge in [-0.05, 0) is 57.5 Å². The van der Waals surface area contributed by atoms with E-state index in [2.05, 4.69) is 42.6 Å². The Morgan fingerprint density at radius 1 is 1.27 bits per heavy atom. The number of thioether (sulfide) groups is 1. The molecule has 3 atom stereocenters. The maximum absolute atomic E-state index is 12.6. The first kappa shape index (κ1) is 23.7. The van der Waals surface area contributed by atoms with Crippen molar-refractivity contribution in [1.82, 2.24) is 14.9 Å². The van der Waals surface area contributed by atoms with Crippen LogP contribution in [-0.4, -0.2) is 68.2 Å². The third-order valence-corrected chi connectivity index (χ3v) is 7.10. The number of rotatable bonds is 10. The van der Waals surface area contributed by atoms with Crippen LogP contribution < -0.4 is 10.0 Å². The number of carbonyl (C=O) groups excluding carboxylic acids is 1. The van der Waals surface area contributed by atoms with E-state index in [0.717, 1.165) is 18.8 Å². The fourth-order valence-corrected chi connectivity index (χ4v) is 4.77. The molecule has 6 nitrogen and oxygen atoms in total. The lowest BCUT2D eigenvalue weighted by atomic mass is 9.88. The molecule has 1 amide bonds. The first-order valence-corrected chi connectivity index (χ1v) is 12.6. The number of carbonyl (C=O) groups is 1. The second kappa shape index (κ2) is 10.3. The van der Waals surface area contributed by atoms with Crippen LogP contribution in [-0.2, 0) is 14.8 Å². The van der Waals surface area contributed by atoms with E-state index in [1.54, 1.807) is 18.7 Å². The summed E-state index contributed by atoms with van der Waals surface area (Å²) in [4.78, 5) is 15.1. The Labute approximate surface area is 164 Å². The molecule has 1 saturated heterocycles. The molecule has 1 heterocycles. The molecule has 1 rings (SSSR count). The highest BCUT2D eigenvalue weighted by atomic mass is 32.2. The van der Waals surface area contributed by atoms with Crippen LogP contribution in [0.2, 0.25) is 0 Å². The van der Waals surface area contributed by atoms with E-state index in [4.69, 9.17) is 0 Å². The number of amides is 1. The molecule has 1 aliphatic heterocycles. The minimum Gasteiger partial charge on any atom is -0.353 e. The van der Waals surface area contributed by atoms with Crippen LogP contribution in [0.15, 0.2) is 0 Å². The van der Waals surface area contributed by atoms with Crippen molar-refractivity contribution < 1.29 is 13.2 Å². The van der Waals surface area contributed by atoms with Crippen molar-refractivity contribution in [2.75, 3.05) is 37.4 Å². The lowest BCUT2D eigenvalue weighted by Gasteiger charge is -2.45. The highest BCUT2D eigenvalue weighted by molar-refractivity contribution is 7.98. The SMILES string of the molecule is CCS(=O)(=O)NC(CCSC)C(=O)NCC(C)(C)N1CC(C)CC(C)C1. The zero-order valence-electron chi connectivity index (χ0n) is 17.2. The molecule has 26 heavy (non-hydrogen) atoms. The molecule has 154 valence electrons. The van der Waals surface area contributed by atoms with E-state index >= 15 is 0 Å². The summed E-state index contributed by atoms with van der Waals surface area (Å²) in [5, 5.41) is 2.99. The van der Waals surface area contributed by atoms with Crippen LogP contribution in [0.3, 0.4) is 0 Å². The molecule has 0 aromatic carbocycles. The van der Waals surface area contributed by atoms with Gasteiger partial charge in [0.2, 0.25) is 15.9 Å². The Morgan fingerprint density at radius 3 is 2.35 bits per heavy atom. The number of nitrogens with one attached hydrogen (secondary N) is 2. The Kier molecular flexibility index (Phi) is 9.39. The van der Waals surface area contributed by atoms with E-state index in [0.29, 0.717) is 24.8 Å². The number of piperidine rings is 1. The standard InChI is InChI=1S/C18H37N3O3S2/c1-7-26(23,24)20-16(8-9-25-6)17(22)19-13-18(4,5)21-11-14(2)10-15(3)12-21/h14-16,20H,7-13H2,1-6H3,(H,19,22). The zero-order valence-corrected chi connectivity index (χ0v) is 18.8. The second-order valence-electron chi connectivity index (χ2n) is 8.24. The third-order valence-electron chi connectivity index (χ3n) is 5.05. The molecule has 2 N–H and O–H groups in total. The Morgan fingerprint density at radius 2 is 1.85 bits per heavy atom. The molecule has 0 radical (unpaired) electrons. The quantitative estimate of drug-likeness (QED) is 0.578. The predicted molar refractivity (Wildman–Crippen MR) is 111 cm³/mol. The smallest absolute Gasteiger partial charge is 0.238 e. The van der Waals surface area contributed by atoms with Gasteiger partial charge in [0.05, 0.1) is 5.75 Å². The number of hydrogen-bond donors (Lipinski definition) is 2. The topological polar surface area (TPSA) is 78.5 Å². The Hall–Kier alpha value is -0.310. The van der Waals surface area contributed by atoms with Crippen molar-refractivity contribution in [3.63, 3.8) is 0 Å². The van der Waals surface area contributed by atoms with E-state index in [1.807, 2.05) is 6.26 Å². The van der Waals surface area contributed by atoms with Gasteiger partial charge in [0.15, 0.2) is 0 Å². The van der Waals surface area contributed by atoms with E-state index in [-0.39, 0.29) is 17.2 Å². The van der Waals surface area contributed by atoms with Crippen molar-refractivity contribution >= 4 is 27.7 Å². The van der Waals surface area contributed by atoms with Gasteiger partial charge in [-0.15, -0.1) is 0 Å². The van der Waals surface area contributed by atoms with Crippen LogP contribution in [0.1, 0.15) is 47.5 Å². The average Bonchev–Trinajstić information content (AvgIpc) is 2.55. The van der Waals surface area contributed by atoms with Crippen LogP contribution in [0.25, 0.3) is 0 Å².